The third-order valence-electron chi connectivity index (χ3n) is 5.76. The number of piperazine rings is 1. The van der Waals surface area contributed by atoms with Crippen LogP contribution in [0.1, 0.15) is 23.2 Å². The summed E-state index contributed by atoms with van der Waals surface area (Å²) in [5, 5.41) is 15.1. The van der Waals surface area contributed by atoms with Gasteiger partial charge in [-0.1, -0.05) is 23.7 Å². The normalized spacial score (nSPS) is 18.8. The first-order valence-corrected chi connectivity index (χ1v) is 10.8. The minimum atomic E-state index is -0.373. The molecule has 8 nitrogen and oxygen atoms in total. The SMILES string of the molecule is O=C(c1ccccc1Cl)N1CCN(c2ccc([N+](=O)[O-])c(NC[C@@H]3CCCO3)c2)CC1. The van der Waals surface area contributed by atoms with E-state index in [4.69, 9.17) is 16.3 Å². The topological polar surface area (TPSA) is 88.0 Å². The van der Waals surface area contributed by atoms with Gasteiger partial charge in [0, 0.05) is 51.1 Å². The lowest BCUT2D eigenvalue weighted by molar-refractivity contribution is -0.383. The van der Waals surface area contributed by atoms with Gasteiger partial charge in [-0.05, 0) is 37.1 Å². The molecule has 0 unspecified atom stereocenters. The van der Waals surface area contributed by atoms with E-state index in [1.165, 1.54) is 6.07 Å². The van der Waals surface area contributed by atoms with E-state index < -0.39 is 0 Å². The molecular weight excluding hydrogens is 420 g/mol. The Hall–Kier alpha value is -2.84. The number of halogens is 1. The summed E-state index contributed by atoms with van der Waals surface area (Å²) in [7, 11) is 0. The van der Waals surface area contributed by atoms with E-state index in [-0.39, 0.29) is 22.6 Å². The molecule has 164 valence electrons. The van der Waals surface area contributed by atoms with Gasteiger partial charge < -0.3 is 19.9 Å². The zero-order chi connectivity index (χ0) is 21.8. The minimum absolute atomic E-state index is 0.0503. The van der Waals surface area contributed by atoms with Crippen molar-refractivity contribution < 1.29 is 14.5 Å². The Balaban J connectivity index is 1.42. The Morgan fingerprint density at radius 1 is 1.19 bits per heavy atom. The van der Waals surface area contributed by atoms with E-state index >= 15 is 0 Å². The van der Waals surface area contributed by atoms with E-state index in [0.29, 0.717) is 49.0 Å². The van der Waals surface area contributed by atoms with Crippen molar-refractivity contribution in [2.45, 2.75) is 18.9 Å². The molecule has 2 saturated heterocycles. The number of carbonyl (C=O) groups excluding carboxylic acids is 1. The fraction of sp³-hybridized carbons (Fsp3) is 0.409. The van der Waals surface area contributed by atoms with Crippen molar-refractivity contribution in [3.63, 3.8) is 0 Å². The zero-order valence-electron chi connectivity index (χ0n) is 17.1. The third kappa shape index (κ3) is 4.91. The predicted molar refractivity (Wildman–Crippen MR) is 120 cm³/mol. The molecule has 2 aromatic carbocycles. The molecule has 0 bridgehead atoms. The highest BCUT2D eigenvalue weighted by Crippen LogP contribution is 2.31. The van der Waals surface area contributed by atoms with Gasteiger partial charge in [0.05, 0.1) is 21.6 Å². The maximum atomic E-state index is 12.8. The maximum absolute atomic E-state index is 12.8. The molecule has 0 spiro atoms. The summed E-state index contributed by atoms with van der Waals surface area (Å²) >= 11 is 6.17. The number of rotatable bonds is 6. The first kappa shape index (κ1) is 21.4. The summed E-state index contributed by atoms with van der Waals surface area (Å²) < 4.78 is 5.61. The molecule has 1 atom stereocenters. The summed E-state index contributed by atoms with van der Waals surface area (Å²) in [6, 6.07) is 12.2. The quantitative estimate of drug-likeness (QED) is 0.538. The molecule has 9 heteroatoms. The highest BCUT2D eigenvalue weighted by atomic mass is 35.5. The van der Waals surface area contributed by atoms with Crippen LogP contribution in [0.5, 0.6) is 0 Å². The summed E-state index contributed by atoms with van der Waals surface area (Å²) in [5.41, 5.74) is 1.95. The predicted octanol–water partition coefficient (Wildman–Crippen LogP) is 3.80. The number of anilines is 2. The van der Waals surface area contributed by atoms with Gasteiger partial charge in [0.25, 0.3) is 11.6 Å². The van der Waals surface area contributed by atoms with Crippen molar-refractivity contribution in [2.75, 3.05) is 49.5 Å². The minimum Gasteiger partial charge on any atom is -0.377 e. The van der Waals surface area contributed by atoms with E-state index in [2.05, 4.69) is 10.2 Å². The smallest absolute Gasteiger partial charge is 0.292 e. The maximum Gasteiger partial charge on any atom is 0.292 e. The largest absolute Gasteiger partial charge is 0.377 e. The van der Waals surface area contributed by atoms with Crippen LogP contribution in [0.3, 0.4) is 0 Å². The van der Waals surface area contributed by atoms with Crippen molar-refractivity contribution in [1.29, 1.82) is 0 Å². The van der Waals surface area contributed by atoms with Gasteiger partial charge in [-0.2, -0.15) is 0 Å². The number of benzene rings is 2. The van der Waals surface area contributed by atoms with Gasteiger partial charge in [-0.25, -0.2) is 0 Å². The highest BCUT2D eigenvalue weighted by Gasteiger charge is 2.25. The third-order valence-corrected chi connectivity index (χ3v) is 6.09. The van der Waals surface area contributed by atoms with Gasteiger partial charge in [-0.15, -0.1) is 0 Å². The number of amides is 1. The number of ether oxygens (including phenoxy) is 1. The van der Waals surface area contributed by atoms with Crippen LogP contribution in [-0.4, -0.2) is 61.2 Å². The Bertz CT molecular complexity index is 956. The number of nitro groups is 1. The molecule has 31 heavy (non-hydrogen) atoms. The Kier molecular flexibility index (Phi) is 6.58. The number of nitrogens with one attached hydrogen (secondary N) is 1. The number of hydrogen-bond donors (Lipinski definition) is 1. The molecule has 0 aromatic heterocycles. The first-order valence-electron chi connectivity index (χ1n) is 10.5. The van der Waals surface area contributed by atoms with Crippen LogP contribution in [0.15, 0.2) is 42.5 Å². The number of hydrogen-bond acceptors (Lipinski definition) is 6. The van der Waals surface area contributed by atoms with Crippen LogP contribution in [0.25, 0.3) is 0 Å². The van der Waals surface area contributed by atoms with Gasteiger partial charge in [0.15, 0.2) is 0 Å². The van der Waals surface area contributed by atoms with E-state index in [0.717, 1.165) is 25.1 Å². The summed E-state index contributed by atoms with van der Waals surface area (Å²) in [6.45, 7) is 3.67. The van der Waals surface area contributed by atoms with Crippen LogP contribution < -0.4 is 10.2 Å². The van der Waals surface area contributed by atoms with Crippen molar-refractivity contribution in [2.24, 2.45) is 0 Å². The van der Waals surface area contributed by atoms with Gasteiger partial charge in [0.2, 0.25) is 0 Å². The van der Waals surface area contributed by atoms with Crippen LogP contribution in [0.4, 0.5) is 17.1 Å². The number of nitrogens with zero attached hydrogens (tertiary/aromatic N) is 3. The van der Waals surface area contributed by atoms with Crippen molar-refractivity contribution in [3.8, 4) is 0 Å². The number of carbonyl (C=O) groups is 1. The van der Waals surface area contributed by atoms with Crippen molar-refractivity contribution in [1.82, 2.24) is 4.90 Å². The fourth-order valence-corrected chi connectivity index (χ4v) is 4.24. The zero-order valence-corrected chi connectivity index (χ0v) is 17.9. The second-order valence-electron chi connectivity index (χ2n) is 7.73. The molecule has 1 amide bonds. The van der Waals surface area contributed by atoms with E-state index in [1.54, 1.807) is 35.2 Å². The molecule has 0 saturated carbocycles. The van der Waals surface area contributed by atoms with Crippen LogP contribution in [-0.2, 0) is 4.74 Å². The molecule has 0 aliphatic carbocycles. The lowest BCUT2D eigenvalue weighted by Crippen LogP contribution is -2.48. The molecule has 4 rings (SSSR count). The van der Waals surface area contributed by atoms with E-state index in [9.17, 15) is 14.9 Å². The second-order valence-corrected chi connectivity index (χ2v) is 8.14. The summed E-state index contributed by atoms with van der Waals surface area (Å²) in [6.07, 6.45) is 2.07. The monoisotopic (exact) mass is 444 g/mol. The van der Waals surface area contributed by atoms with Gasteiger partial charge in [-0.3, -0.25) is 14.9 Å². The van der Waals surface area contributed by atoms with Crippen LogP contribution in [0, 0.1) is 10.1 Å². The van der Waals surface area contributed by atoms with Crippen molar-refractivity contribution in [3.05, 3.63) is 63.2 Å². The Morgan fingerprint density at radius 2 is 1.97 bits per heavy atom. The lowest BCUT2D eigenvalue weighted by atomic mass is 10.1. The molecule has 2 heterocycles. The van der Waals surface area contributed by atoms with E-state index in [1.807, 2.05) is 6.07 Å². The average Bonchev–Trinajstić information content (AvgIpc) is 3.31. The highest BCUT2D eigenvalue weighted by molar-refractivity contribution is 6.33. The summed E-state index contributed by atoms with van der Waals surface area (Å²) in [4.78, 5) is 27.8. The standard InChI is InChI=1S/C22H25ClN4O4/c23-19-6-2-1-5-18(19)22(28)26-11-9-25(10-12-26)16-7-8-21(27(29)30)20(14-16)24-15-17-4-3-13-31-17/h1-2,5-8,14,17,24H,3-4,9-13,15H2/t17-/m0/s1. The number of nitro benzene ring substituents is 1. The average molecular weight is 445 g/mol. The molecule has 2 aliphatic heterocycles. The molecule has 2 aromatic rings. The van der Waals surface area contributed by atoms with Crippen LogP contribution in [0.2, 0.25) is 5.02 Å². The molecular formula is C22H25ClN4O4. The van der Waals surface area contributed by atoms with Crippen molar-refractivity contribution >= 4 is 34.6 Å². The fourth-order valence-electron chi connectivity index (χ4n) is 4.02. The Morgan fingerprint density at radius 3 is 2.65 bits per heavy atom. The lowest BCUT2D eigenvalue weighted by Gasteiger charge is -2.36. The van der Waals surface area contributed by atoms with Gasteiger partial charge >= 0.3 is 0 Å². The second kappa shape index (κ2) is 9.53. The summed E-state index contributed by atoms with van der Waals surface area (Å²) in [5.74, 6) is -0.0760. The van der Waals surface area contributed by atoms with Gasteiger partial charge in [0.1, 0.15) is 5.69 Å². The Labute approximate surface area is 185 Å². The van der Waals surface area contributed by atoms with Crippen LogP contribution >= 0.6 is 11.6 Å². The molecule has 2 aliphatic rings. The molecule has 0 radical (unpaired) electrons. The first-order chi connectivity index (χ1) is 15.0. The molecule has 2 fully saturated rings. The molecule has 1 N–H and O–H groups in total.